The van der Waals surface area contributed by atoms with Crippen molar-refractivity contribution in [1.29, 1.82) is 0 Å². The number of benzene rings is 2. The Bertz CT molecular complexity index is 671. The molecule has 110 valence electrons. The van der Waals surface area contributed by atoms with Crippen LogP contribution < -0.4 is 20.5 Å². The van der Waals surface area contributed by atoms with Gasteiger partial charge in [0.15, 0.2) is 11.5 Å². The fourth-order valence-electron chi connectivity index (χ4n) is 1.92. The Morgan fingerprint density at radius 2 is 1.67 bits per heavy atom. The molecular formula is C15H16N2O4. The molecule has 0 aliphatic rings. The molecule has 6 heteroatoms. The number of nitrogen functional groups attached to an aromatic ring is 1. The molecule has 0 aliphatic carbocycles. The van der Waals surface area contributed by atoms with E-state index in [1.165, 1.54) is 6.07 Å². The summed E-state index contributed by atoms with van der Waals surface area (Å²) in [6.45, 7) is 0. The van der Waals surface area contributed by atoms with Crippen LogP contribution in [0.5, 0.6) is 11.5 Å². The van der Waals surface area contributed by atoms with Crippen LogP contribution in [0.2, 0.25) is 0 Å². The van der Waals surface area contributed by atoms with E-state index >= 15 is 0 Å². The third-order valence-electron chi connectivity index (χ3n) is 2.95. The number of methoxy groups -OCH3 is 2. The first-order chi connectivity index (χ1) is 10.0. The van der Waals surface area contributed by atoms with Crippen molar-refractivity contribution < 1.29 is 19.4 Å². The molecule has 0 fully saturated rings. The third kappa shape index (κ3) is 3.17. The van der Waals surface area contributed by atoms with Gasteiger partial charge in [-0.3, -0.25) is 0 Å². The highest BCUT2D eigenvalue weighted by molar-refractivity contribution is 5.94. The second-order valence-electron chi connectivity index (χ2n) is 4.30. The maximum atomic E-state index is 10.9. The van der Waals surface area contributed by atoms with E-state index in [0.717, 1.165) is 5.69 Å². The number of ether oxygens (including phenoxy) is 2. The smallest absolute Gasteiger partial charge is 0.337 e. The highest BCUT2D eigenvalue weighted by Crippen LogP contribution is 2.31. The number of carboxylic acids is 1. The molecule has 0 spiro atoms. The molecule has 0 heterocycles. The van der Waals surface area contributed by atoms with Crippen molar-refractivity contribution in [2.45, 2.75) is 0 Å². The van der Waals surface area contributed by atoms with E-state index in [4.69, 9.17) is 20.3 Å². The topological polar surface area (TPSA) is 93.8 Å². The fourth-order valence-corrected chi connectivity index (χ4v) is 1.92. The number of hydrogen-bond donors (Lipinski definition) is 3. The van der Waals surface area contributed by atoms with Gasteiger partial charge in [0.05, 0.1) is 19.8 Å². The first-order valence-electron chi connectivity index (χ1n) is 6.17. The molecule has 0 bridgehead atoms. The number of rotatable bonds is 5. The summed E-state index contributed by atoms with van der Waals surface area (Å²) in [5.74, 6) is 0.173. The maximum Gasteiger partial charge on any atom is 0.337 e. The molecule has 0 atom stereocenters. The number of hydrogen-bond acceptors (Lipinski definition) is 5. The van der Waals surface area contributed by atoms with Crippen molar-refractivity contribution in [2.75, 3.05) is 25.3 Å². The second kappa shape index (κ2) is 6.04. The van der Waals surface area contributed by atoms with Crippen molar-refractivity contribution >= 4 is 23.0 Å². The normalized spacial score (nSPS) is 10.0. The van der Waals surface area contributed by atoms with E-state index < -0.39 is 5.97 Å². The van der Waals surface area contributed by atoms with Gasteiger partial charge in [0, 0.05) is 23.1 Å². The number of nitrogens with two attached hydrogens (primary N) is 1. The molecule has 0 aromatic heterocycles. The highest BCUT2D eigenvalue weighted by Gasteiger charge is 2.09. The molecule has 0 saturated heterocycles. The molecule has 0 aliphatic heterocycles. The van der Waals surface area contributed by atoms with Crippen molar-refractivity contribution in [3.05, 3.63) is 42.0 Å². The van der Waals surface area contributed by atoms with Crippen LogP contribution in [-0.2, 0) is 0 Å². The van der Waals surface area contributed by atoms with Crippen LogP contribution in [-0.4, -0.2) is 25.3 Å². The zero-order valence-corrected chi connectivity index (χ0v) is 11.7. The summed E-state index contributed by atoms with van der Waals surface area (Å²) in [5.41, 5.74) is 7.45. The SMILES string of the molecule is COc1ccc(Nc2ccc(C(=O)O)c(N)c2)cc1OC. The largest absolute Gasteiger partial charge is 0.493 e. The Labute approximate surface area is 122 Å². The summed E-state index contributed by atoms with van der Waals surface area (Å²) < 4.78 is 10.4. The van der Waals surface area contributed by atoms with Crippen LogP contribution in [0, 0.1) is 0 Å². The molecule has 0 amide bonds. The van der Waals surface area contributed by atoms with Crippen LogP contribution >= 0.6 is 0 Å². The molecule has 0 unspecified atom stereocenters. The van der Waals surface area contributed by atoms with Gasteiger partial charge in [-0.25, -0.2) is 4.79 Å². The van der Waals surface area contributed by atoms with Crippen LogP contribution in [0.3, 0.4) is 0 Å². The number of carbonyl (C=O) groups is 1. The van der Waals surface area contributed by atoms with Crippen molar-refractivity contribution in [3.63, 3.8) is 0 Å². The molecule has 2 aromatic carbocycles. The molecule has 0 radical (unpaired) electrons. The van der Waals surface area contributed by atoms with E-state index in [0.29, 0.717) is 17.2 Å². The number of carboxylic acid groups (broad SMARTS) is 1. The Balaban J connectivity index is 2.26. The summed E-state index contributed by atoms with van der Waals surface area (Å²) in [6.07, 6.45) is 0. The van der Waals surface area contributed by atoms with Crippen molar-refractivity contribution in [2.24, 2.45) is 0 Å². The third-order valence-corrected chi connectivity index (χ3v) is 2.95. The van der Waals surface area contributed by atoms with Gasteiger partial charge >= 0.3 is 5.97 Å². The van der Waals surface area contributed by atoms with Crippen molar-refractivity contribution in [1.82, 2.24) is 0 Å². The lowest BCUT2D eigenvalue weighted by Gasteiger charge is -2.12. The van der Waals surface area contributed by atoms with Gasteiger partial charge in [-0.1, -0.05) is 0 Å². The van der Waals surface area contributed by atoms with E-state index in [2.05, 4.69) is 5.32 Å². The highest BCUT2D eigenvalue weighted by atomic mass is 16.5. The zero-order chi connectivity index (χ0) is 15.4. The van der Waals surface area contributed by atoms with Gasteiger partial charge in [-0.2, -0.15) is 0 Å². The van der Waals surface area contributed by atoms with Crippen LogP contribution in [0.4, 0.5) is 17.1 Å². The first-order valence-corrected chi connectivity index (χ1v) is 6.17. The minimum atomic E-state index is -1.05. The summed E-state index contributed by atoms with van der Waals surface area (Å²) in [5, 5.41) is 12.1. The Kier molecular flexibility index (Phi) is 4.18. The average Bonchev–Trinajstić information content (AvgIpc) is 2.46. The molecule has 4 N–H and O–H groups in total. The van der Waals surface area contributed by atoms with Gasteiger partial charge in [-0.05, 0) is 30.3 Å². The fraction of sp³-hybridized carbons (Fsp3) is 0.133. The molecule has 2 aromatic rings. The number of nitrogens with one attached hydrogen (secondary N) is 1. The maximum absolute atomic E-state index is 10.9. The van der Waals surface area contributed by atoms with Crippen LogP contribution in [0.1, 0.15) is 10.4 Å². The Hall–Kier alpha value is -2.89. The minimum absolute atomic E-state index is 0.0767. The summed E-state index contributed by atoms with van der Waals surface area (Å²) in [4.78, 5) is 10.9. The number of aromatic carboxylic acids is 1. The van der Waals surface area contributed by atoms with Gasteiger partial charge in [-0.15, -0.1) is 0 Å². The minimum Gasteiger partial charge on any atom is -0.493 e. The van der Waals surface area contributed by atoms with Gasteiger partial charge in [0.2, 0.25) is 0 Å². The zero-order valence-electron chi connectivity index (χ0n) is 11.7. The molecule has 6 nitrogen and oxygen atoms in total. The predicted octanol–water partition coefficient (Wildman–Crippen LogP) is 2.73. The van der Waals surface area contributed by atoms with E-state index in [1.54, 1.807) is 38.5 Å². The van der Waals surface area contributed by atoms with Crippen LogP contribution in [0.25, 0.3) is 0 Å². The predicted molar refractivity (Wildman–Crippen MR) is 80.6 cm³/mol. The second-order valence-corrected chi connectivity index (χ2v) is 4.30. The number of anilines is 3. The lowest BCUT2D eigenvalue weighted by molar-refractivity contribution is 0.0698. The van der Waals surface area contributed by atoms with Gasteiger partial charge in [0.1, 0.15) is 0 Å². The summed E-state index contributed by atoms with van der Waals surface area (Å²) >= 11 is 0. The standard InChI is InChI=1S/C15H16N2O4/c1-20-13-6-4-10(8-14(13)21-2)17-9-3-5-11(15(18)19)12(16)7-9/h3-8,17H,16H2,1-2H3,(H,18,19). The van der Waals surface area contributed by atoms with E-state index in [1.807, 2.05) is 6.07 Å². The van der Waals surface area contributed by atoms with E-state index in [9.17, 15) is 4.79 Å². The lowest BCUT2D eigenvalue weighted by Crippen LogP contribution is -2.03. The molecule has 21 heavy (non-hydrogen) atoms. The average molecular weight is 288 g/mol. The van der Waals surface area contributed by atoms with Crippen molar-refractivity contribution in [3.8, 4) is 11.5 Å². The quantitative estimate of drug-likeness (QED) is 0.732. The van der Waals surface area contributed by atoms with Gasteiger partial charge in [0.25, 0.3) is 0 Å². The summed E-state index contributed by atoms with van der Waals surface area (Å²) in [6, 6.07) is 10.1. The first kappa shape index (κ1) is 14.5. The molecular weight excluding hydrogens is 272 g/mol. The monoisotopic (exact) mass is 288 g/mol. The summed E-state index contributed by atoms with van der Waals surface area (Å²) in [7, 11) is 3.12. The van der Waals surface area contributed by atoms with E-state index in [-0.39, 0.29) is 11.3 Å². The Morgan fingerprint density at radius 1 is 1.05 bits per heavy atom. The van der Waals surface area contributed by atoms with Gasteiger partial charge < -0.3 is 25.6 Å². The molecule has 2 rings (SSSR count). The lowest BCUT2D eigenvalue weighted by atomic mass is 10.1. The Morgan fingerprint density at radius 3 is 2.24 bits per heavy atom. The van der Waals surface area contributed by atoms with Crippen LogP contribution in [0.15, 0.2) is 36.4 Å². The molecule has 0 saturated carbocycles.